The van der Waals surface area contributed by atoms with Gasteiger partial charge in [0.1, 0.15) is 35.2 Å². The smallest absolute Gasteiger partial charge is 0.127 e. The molecule has 4 nitrogen and oxygen atoms in total. The lowest BCUT2D eigenvalue weighted by Gasteiger charge is -1.71. The van der Waals surface area contributed by atoms with Gasteiger partial charge in [-0.1, -0.05) is 0 Å². The van der Waals surface area contributed by atoms with Crippen LogP contribution in [0.4, 0.5) is 0 Å². The molecule has 0 aliphatic carbocycles. The fraction of sp³-hybridized carbons (Fsp3) is 0. The Kier molecular flexibility index (Phi) is 5.66. The number of hydrogen-bond donors (Lipinski definition) is 0. The Hall–Kier alpha value is 0.350. The molecule has 0 amide bonds. The number of rotatable bonds is 2. The van der Waals surface area contributed by atoms with E-state index >= 15 is 0 Å². The Morgan fingerprint density at radius 3 is 2.83 bits per heavy atom. The molecule has 0 fully saturated rings. The molecule has 0 aromatic carbocycles. The number of azide groups is 1. The molecule has 0 radical (unpaired) electrons. The first-order valence-electron chi connectivity index (χ1n) is 0.904. The molecule has 0 rings (SSSR count). The van der Waals surface area contributed by atoms with Gasteiger partial charge < -0.3 is 0 Å². The fourth-order valence-corrected chi connectivity index (χ4v) is 0.298. The molecule has 0 atom stereocenters. The molecule has 0 aromatic rings. The van der Waals surface area contributed by atoms with Gasteiger partial charge in [-0.3, -0.25) is 0 Å². The summed E-state index contributed by atoms with van der Waals surface area (Å²) in [6.07, 6.45) is 0. The molecular formula is IN3OS. The van der Waals surface area contributed by atoms with Crippen molar-refractivity contribution in [3.8, 4) is 0 Å². The Morgan fingerprint density at radius 2 is 2.67 bits per heavy atom. The van der Waals surface area contributed by atoms with E-state index in [1.165, 1.54) is 0 Å². The average Bonchev–Trinajstić information content (AvgIpc) is 1.61. The second kappa shape index (κ2) is 5.35. The van der Waals surface area contributed by atoms with Crippen molar-refractivity contribution in [2.75, 3.05) is 0 Å². The molecule has 0 heterocycles. The SMILES string of the molecule is [N-]=[N+]=NSOI. The van der Waals surface area contributed by atoms with E-state index in [2.05, 4.69) is 11.9 Å². The molecule has 0 N–H and O–H groups in total. The molecule has 0 saturated heterocycles. The third-order valence-corrected chi connectivity index (χ3v) is 0.776. The van der Waals surface area contributed by atoms with Gasteiger partial charge in [0, 0.05) is 4.91 Å². The number of nitrogens with zero attached hydrogens (tertiary/aromatic N) is 3. The van der Waals surface area contributed by atoms with Crippen molar-refractivity contribution in [2.45, 2.75) is 0 Å². The van der Waals surface area contributed by atoms with Crippen LogP contribution in [0.3, 0.4) is 0 Å². The summed E-state index contributed by atoms with van der Waals surface area (Å²) in [5.41, 5.74) is 7.55. The van der Waals surface area contributed by atoms with E-state index in [-0.39, 0.29) is 0 Å². The van der Waals surface area contributed by atoms with Crippen LogP contribution >= 0.6 is 35.2 Å². The number of hydrogen-bond acceptors (Lipinski definition) is 3. The van der Waals surface area contributed by atoms with Crippen molar-refractivity contribution >= 4 is 35.2 Å². The molecule has 0 saturated carbocycles. The van der Waals surface area contributed by atoms with Gasteiger partial charge in [0.05, 0.1) is 0 Å². The van der Waals surface area contributed by atoms with Gasteiger partial charge in [0.15, 0.2) is 0 Å². The minimum atomic E-state index is 0.703. The normalized spacial score (nSPS) is 6.83. The summed E-state index contributed by atoms with van der Waals surface area (Å²) in [5, 5.41) is 0. The highest BCUT2D eigenvalue weighted by Crippen LogP contribution is 2.07. The van der Waals surface area contributed by atoms with Gasteiger partial charge in [-0.15, -0.1) is 0 Å². The topological polar surface area (TPSA) is 58.0 Å². The molecule has 0 aliphatic rings. The predicted molar refractivity (Wildman–Crippen MR) is 31.8 cm³/mol. The quantitative estimate of drug-likeness (QED) is 0.178. The standard InChI is InChI=1S/IN3OS/c1-5-6-4-3-2. The van der Waals surface area contributed by atoms with Crippen LogP contribution in [0, 0.1) is 0 Å². The summed E-state index contributed by atoms with van der Waals surface area (Å²) in [4.78, 5) is 2.38. The highest BCUT2D eigenvalue weighted by molar-refractivity contribution is 14.1. The first-order chi connectivity index (χ1) is 2.91. The maximum atomic E-state index is 7.55. The van der Waals surface area contributed by atoms with E-state index < -0.39 is 0 Å². The minimum Gasteiger partial charge on any atom is -0.240 e. The highest BCUT2D eigenvalue weighted by atomic mass is 127. The maximum Gasteiger partial charge on any atom is 0.127 e. The molecule has 34 valence electrons. The Bertz CT molecular complexity index is 67.2. The van der Waals surface area contributed by atoms with E-state index in [1.807, 2.05) is 0 Å². The zero-order valence-corrected chi connectivity index (χ0v) is 5.51. The number of halogens is 1. The average molecular weight is 217 g/mol. The van der Waals surface area contributed by atoms with Crippen LogP contribution in [-0.4, -0.2) is 0 Å². The van der Waals surface area contributed by atoms with Crippen molar-refractivity contribution in [3.63, 3.8) is 0 Å². The van der Waals surface area contributed by atoms with Gasteiger partial charge >= 0.3 is 0 Å². The third-order valence-electron chi connectivity index (χ3n) is 0.0980. The predicted octanol–water partition coefficient (Wildman–Crippen LogP) is 2.23. The lowest BCUT2D eigenvalue weighted by Crippen LogP contribution is -1.37. The molecule has 6 heavy (non-hydrogen) atoms. The van der Waals surface area contributed by atoms with Gasteiger partial charge in [0.2, 0.25) is 0 Å². The van der Waals surface area contributed by atoms with Crippen LogP contribution in [0.5, 0.6) is 0 Å². The van der Waals surface area contributed by atoms with Gasteiger partial charge in [-0.2, -0.15) is 0 Å². The van der Waals surface area contributed by atoms with Gasteiger partial charge in [0.25, 0.3) is 0 Å². The minimum absolute atomic E-state index is 0.703. The van der Waals surface area contributed by atoms with Gasteiger partial charge in [-0.25, -0.2) is 2.51 Å². The van der Waals surface area contributed by atoms with E-state index in [1.54, 1.807) is 23.0 Å². The second-order valence-corrected chi connectivity index (χ2v) is 1.83. The van der Waals surface area contributed by atoms with Crippen molar-refractivity contribution in [1.82, 2.24) is 0 Å². The summed E-state index contributed by atoms with van der Waals surface area (Å²) < 4.78 is 7.21. The molecule has 0 aromatic heterocycles. The first kappa shape index (κ1) is 6.35. The summed E-state index contributed by atoms with van der Waals surface area (Å²) in [7, 11) is 0. The Labute approximate surface area is 52.9 Å². The maximum absolute atomic E-state index is 7.55. The summed E-state index contributed by atoms with van der Waals surface area (Å²) >= 11 is 2.31. The van der Waals surface area contributed by atoms with Crippen LogP contribution in [0.15, 0.2) is 4.52 Å². The largest absolute Gasteiger partial charge is 0.240 e. The van der Waals surface area contributed by atoms with Crippen LogP contribution in [0.25, 0.3) is 10.4 Å². The Balaban J connectivity index is 2.86. The second-order valence-electron chi connectivity index (χ2n) is 0.309. The van der Waals surface area contributed by atoms with E-state index in [4.69, 9.17) is 5.53 Å². The molecule has 0 aliphatic heterocycles. The molecule has 0 spiro atoms. The third kappa shape index (κ3) is 4.35. The van der Waals surface area contributed by atoms with Crippen molar-refractivity contribution in [2.24, 2.45) is 4.52 Å². The fourth-order valence-electron chi connectivity index (χ4n) is 0.0275. The lowest BCUT2D eigenvalue weighted by atomic mass is 13.0. The van der Waals surface area contributed by atoms with Crippen LogP contribution in [0.1, 0.15) is 0 Å². The molecule has 0 unspecified atom stereocenters. The molecule has 6 heteroatoms. The monoisotopic (exact) mass is 217 g/mol. The van der Waals surface area contributed by atoms with E-state index in [0.29, 0.717) is 12.2 Å². The first-order valence-corrected chi connectivity index (χ1v) is 2.48. The summed E-state index contributed by atoms with van der Waals surface area (Å²) in [5.74, 6) is 0. The molecular weight excluding hydrogens is 217 g/mol. The summed E-state index contributed by atoms with van der Waals surface area (Å²) in [6.45, 7) is 0. The van der Waals surface area contributed by atoms with Crippen LogP contribution < -0.4 is 0 Å². The zero-order valence-electron chi connectivity index (χ0n) is 2.54. The Morgan fingerprint density at radius 1 is 2.00 bits per heavy atom. The summed E-state index contributed by atoms with van der Waals surface area (Å²) in [6, 6.07) is 0. The van der Waals surface area contributed by atoms with Gasteiger partial charge in [-0.05, 0) is 10.1 Å². The zero-order chi connectivity index (χ0) is 4.83. The van der Waals surface area contributed by atoms with E-state index in [9.17, 15) is 0 Å². The molecule has 0 bridgehead atoms. The van der Waals surface area contributed by atoms with Crippen LogP contribution in [-0.2, 0) is 2.51 Å². The van der Waals surface area contributed by atoms with Crippen LogP contribution in [0.2, 0.25) is 0 Å². The van der Waals surface area contributed by atoms with E-state index in [0.717, 1.165) is 0 Å². The van der Waals surface area contributed by atoms with Crippen molar-refractivity contribution < 1.29 is 2.51 Å². The highest BCUT2D eigenvalue weighted by Gasteiger charge is 1.67. The lowest BCUT2D eigenvalue weighted by molar-refractivity contribution is 0.843. The van der Waals surface area contributed by atoms with Crippen molar-refractivity contribution in [1.29, 1.82) is 0 Å². The van der Waals surface area contributed by atoms with Crippen molar-refractivity contribution in [3.05, 3.63) is 10.4 Å².